The first-order valence-electron chi connectivity index (χ1n) is 8.29. The van der Waals surface area contributed by atoms with Crippen LogP contribution in [0.25, 0.3) is 5.65 Å². The molecular weight excluding hydrogens is 396 g/mol. The number of carbonyl (C=O) groups excluding carboxylic acids is 1. The number of nitrogens with zero attached hydrogens (tertiary/aromatic N) is 4. The first-order chi connectivity index (χ1) is 12.2. The minimum Gasteiger partial charge on any atom is -0.443 e. The Bertz CT molecular complexity index is 932. The zero-order valence-corrected chi connectivity index (χ0v) is 16.8. The van der Waals surface area contributed by atoms with E-state index in [-0.39, 0.29) is 0 Å². The zero-order valence-electron chi connectivity index (χ0n) is 15.2. The number of anilines is 1. The van der Waals surface area contributed by atoms with Gasteiger partial charge < -0.3 is 4.74 Å². The van der Waals surface area contributed by atoms with Gasteiger partial charge in [0.1, 0.15) is 10.2 Å². The van der Waals surface area contributed by atoms with Crippen LogP contribution in [0.5, 0.6) is 0 Å². The van der Waals surface area contributed by atoms with Crippen LogP contribution in [0, 0.1) is 6.92 Å². The van der Waals surface area contributed by atoms with Crippen molar-refractivity contribution in [3.8, 4) is 0 Å². The molecular formula is C19H21BrN4O2. The van der Waals surface area contributed by atoms with Crippen LogP contribution >= 0.6 is 15.9 Å². The number of carbonyl (C=O) groups is 1. The van der Waals surface area contributed by atoms with Crippen LogP contribution in [-0.4, -0.2) is 26.1 Å². The third kappa shape index (κ3) is 4.04. The van der Waals surface area contributed by atoms with E-state index in [2.05, 4.69) is 25.9 Å². The molecule has 2 heterocycles. The largest absolute Gasteiger partial charge is 0.443 e. The Morgan fingerprint density at radius 3 is 2.62 bits per heavy atom. The van der Waals surface area contributed by atoms with E-state index in [1.165, 1.54) is 4.90 Å². The van der Waals surface area contributed by atoms with Gasteiger partial charge in [0.15, 0.2) is 11.5 Å². The van der Waals surface area contributed by atoms with Crippen LogP contribution in [0.4, 0.5) is 10.6 Å². The van der Waals surface area contributed by atoms with E-state index in [4.69, 9.17) is 4.74 Å². The van der Waals surface area contributed by atoms with Gasteiger partial charge in [0.05, 0.1) is 6.54 Å². The standard InChI is InChI=1S/C19H21BrN4O2/c1-13-10-21-16-17(22-15(20)12-23(13)16)24(18(25)26-19(2,3)4)11-14-8-6-5-7-9-14/h5-10,12H,11H2,1-4H3. The van der Waals surface area contributed by atoms with E-state index < -0.39 is 11.7 Å². The lowest BCUT2D eigenvalue weighted by Gasteiger charge is -2.27. The normalized spacial score (nSPS) is 11.6. The molecule has 0 bridgehead atoms. The van der Waals surface area contributed by atoms with Crippen molar-refractivity contribution in [3.05, 3.63) is 58.6 Å². The van der Waals surface area contributed by atoms with E-state index in [0.29, 0.717) is 22.6 Å². The minimum absolute atomic E-state index is 0.334. The molecule has 26 heavy (non-hydrogen) atoms. The molecule has 7 heteroatoms. The summed E-state index contributed by atoms with van der Waals surface area (Å²) in [7, 11) is 0. The lowest BCUT2D eigenvalue weighted by atomic mass is 10.2. The lowest BCUT2D eigenvalue weighted by Crippen LogP contribution is -2.37. The molecule has 0 spiro atoms. The summed E-state index contributed by atoms with van der Waals surface area (Å²) in [6.07, 6.45) is 3.12. The summed E-state index contributed by atoms with van der Waals surface area (Å²) in [4.78, 5) is 23.4. The number of benzene rings is 1. The maximum absolute atomic E-state index is 12.9. The van der Waals surface area contributed by atoms with Crippen LogP contribution in [0.2, 0.25) is 0 Å². The van der Waals surface area contributed by atoms with Gasteiger partial charge in [-0.05, 0) is 49.2 Å². The predicted molar refractivity (Wildman–Crippen MR) is 104 cm³/mol. The molecule has 136 valence electrons. The van der Waals surface area contributed by atoms with E-state index in [0.717, 1.165) is 11.3 Å². The molecule has 0 fully saturated rings. The summed E-state index contributed by atoms with van der Waals surface area (Å²) < 4.78 is 8.13. The van der Waals surface area contributed by atoms with E-state index in [1.54, 1.807) is 6.20 Å². The van der Waals surface area contributed by atoms with Crippen LogP contribution in [0.1, 0.15) is 32.0 Å². The molecule has 0 radical (unpaired) electrons. The lowest BCUT2D eigenvalue weighted by molar-refractivity contribution is 0.0576. The molecule has 0 atom stereocenters. The molecule has 0 aliphatic rings. The van der Waals surface area contributed by atoms with Crippen LogP contribution in [0.3, 0.4) is 0 Å². The molecule has 3 aromatic rings. The van der Waals surface area contributed by atoms with Crippen molar-refractivity contribution < 1.29 is 9.53 Å². The van der Waals surface area contributed by atoms with Gasteiger partial charge in [-0.1, -0.05) is 30.3 Å². The number of hydrogen-bond acceptors (Lipinski definition) is 4. The van der Waals surface area contributed by atoms with Crippen LogP contribution in [-0.2, 0) is 11.3 Å². The number of amides is 1. The van der Waals surface area contributed by atoms with Gasteiger partial charge >= 0.3 is 6.09 Å². The summed E-state index contributed by atoms with van der Waals surface area (Å²) in [5, 5.41) is 0. The third-order valence-electron chi connectivity index (χ3n) is 3.68. The van der Waals surface area contributed by atoms with Crippen LogP contribution < -0.4 is 4.90 Å². The van der Waals surface area contributed by atoms with Gasteiger partial charge in [-0.15, -0.1) is 0 Å². The molecule has 0 unspecified atom stereocenters. The van der Waals surface area contributed by atoms with Gasteiger partial charge in [-0.3, -0.25) is 9.30 Å². The second-order valence-electron chi connectivity index (χ2n) is 7.03. The quantitative estimate of drug-likeness (QED) is 0.618. The number of hydrogen-bond donors (Lipinski definition) is 0. The smallest absolute Gasteiger partial charge is 0.416 e. The number of aryl methyl sites for hydroxylation is 1. The van der Waals surface area contributed by atoms with Gasteiger partial charge in [0.25, 0.3) is 0 Å². The summed E-state index contributed by atoms with van der Waals surface area (Å²) in [5.74, 6) is 0.450. The Morgan fingerprint density at radius 2 is 1.96 bits per heavy atom. The molecule has 1 amide bonds. The third-order valence-corrected chi connectivity index (χ3v) is 4.07. The van der Waals surface area contributed by atoms with E-state index in [9.17, 15) is 4.79 Å². The number of fused-ring (bicyclic) bond motifs is 1. The molecule has 0 aliphatic carbocycles. The summed E-state index contributed by atoms with van der Waals surface area (Å²) in [5.41, 5.74) is 1.92. The summed E-state index contributed by atoms with van der Waals surface area (Å²) in [6, 6.07) is 9.74. The fourth-order valence-electron chi connectivity index (χ4n) is 2.55. The highest BCUT2D eigenvalue weighted by Crippen LogP contribution is 2.26. The zero-order chi connectivity index (χ0) is 18.9. The van der Waals surface area contributed by atoms with Gasteiger partial charge in [-0.2, -0.15) is 0 Å². The number of ether oxygens (including phenoxy) is 1. The van der Waals surface area contributed by atoms with E-state index >= 15 is 0 Å². The number of halogens is 1. The molecule has 3 rings (SSSR count). The highest BCUT2D eigenvalue weighted by Gasteiger charge is 2.27. The molecule has 0 saturated heterocycles. The van der Waals surface area contributed by atoms with Crippen molar-refractivity contribution in [3.63, 3.8) is 0 Å². The fraction of sp³-hybridized carbons (Fsp3) is 0.316. The molecule has 1 aromatic carbocycles. The number of aromatic nitrogens is 3. The Hall–Kier alpha value is -2.41. The fourth-order valence-corrected chi connectivity index (χ4v) is 2.92. The first-order valence-corrected chi connectivity index (χ1v) is 9.08. The average molecular weight is 417 g/mol. The second kappa shape index (κ2) is 7.07. The van der Waals surface area contributed by atoms with Gasteiger partial charge in [0.2, 0.25) is 0 Å². The van der Waals surface area contributed by atoms with Crippen molar-refractivity contribution in [2.45, 2.75) is 39.8 Å². The highest BCUT2D eigenvalue weighted by molar-refractivity contribution is 9.10. The summed E-state index contributed by atoms with van der Waals surface area (Å²) >= 11 is 3.43. The van der Waals surface area contributed by atoms with Crippen LogP contribution in [0.15, 0.2) is 47.3 Å². The van der Waals surface area contributed by atoms with Crippen molar-refractivity contribution in [2.24, 2.45) is 0 Å². The van der Waals surface area contributed by atoms with Crippen molar-refractivity contribution in [2.75, 3.05) is 4.90 Å². The number of rotatable bonds is 3. The average Bonchev–Trinajstić information content (AvgIpc) is 2.92. The van der Waals surface area contributed by atoms with Crippen molar-refractivity contribution in [1.82, 2.24) is 14.4 Å². The Balaban J connectivity index is 2.10. The van der Waals surface area contributed by atoms with Crippen molar-refractivity contribution in [1.29, 1.82) is 0 Å². The molecule has 0 aliphatic heterocycles. The van der Waals surface area contributed by atoms with E-state index in [1.807, 2.05) is 68.6 Å². The molecule has 6 nitrogen and oxygen atoms in total. The van der Waals surface area contributed by atoms with Gasteiger partial charge in [-0.25, -0.2) is 14.8 Å². The predicted octanol–water partition coefficient (Wildman–Crippen LogP) is 4.74. The molecule has 0 saturated carbocycles. The maximum atomic E-state index is 12.9. The number of imidazole rings is 1. The Labute approximate surface area is 161 Å². The minimum atomic E-state index is -0.611. The SMILES string of the molecule is Cc1cnc2c(N(Cc3ccccc3)C(=O)OC(C)(C)C)nc(Br)cn12. The van der Waals surface area contributed by atoms with Gasteiger partial charge in [0, 0.05) is 18.1 Å². The highest BCUT2D eigenvalue weighted by atomic mass is 79.9. The maximum Gasteiger partial charge on any atom is 0.416 e. The first kappa shape index (κ1) is 18.4. The molecule has 2 aromatic heterocycles. The molecule has 0 N–H and O–H groups in total. The Kier molecular flexibility index (Phi) is 5.00. The summed E-state index contributed by atoms with van der Waals surface area (Å²) in [6.45, 7) is 7.81. The topological polar surface area (TPSA) is 59.7 Å². The Morgan fingerprint density at radius 1 is 1.27 bits per heavy atom. The second-order valence-corrected chi connectivity index (χ2v) is 7.84. The van der Waals surface area contributed by atoms with Crippen molar-refractivity contribution >= 4 is 33.5 Å². The monoisotopic (exact) mass is 416 g/mol.